The minimum atomic E-state index is -3.18. The van der Waals surface area contributed by atoms with E-state index < -0.39 is 8.07 Å². The van der Waals surface area contributed by atoms with Crippen LogP contribution in [-0.4, -0.2) is 21.8 Å². The van der Waals surface area contributed by atoms with Gasteiger partial charge in [-0.2, -0.15) is 0 Å². The van der Waals surface area contributed by atoms with Crippen LogP contribution in [0, 0.1) is 0 Å². The fourth-order valence-electron chi connectivity index (χ4n) is 10.9. The largest absolute Gasteiger partial charge is 0.309 e. The highest BCUT2D eigenvalue weighted by atomic mass is 28.3. The van der Waals surface area contributed by atoms with Crippen molar-refractivity contribution in [2.24, 2.45) is 0 Å². The highest BCUT2D eigenvalue weighted by Gasteiger charge is 2.42. The first-order chi connectivity index (χ1) is 31.8. The highest BCUT2D eigenvalue weighted by Crippen LogP contribution is 2.35. The van der Waals surface area contributed by atoms with Gasteiger partial charge >= 0.3 is 0 Å². The summed E-state index contributed by atoms with van der Waals surface area (Å²) in [6.07, 6.45) is 0. The Morgan fingerprint density at radius 2 is 0.438 bits per heavy atom. The molecule has 4 heteroatoms. The summed E-state index contributed by atoms with van der Waals surface area (Å²) in [6.45, 7) is 0. The number of fused-ring (bicyclic) bond motifs is 9. The van der Waals surface area contributed by atoms with Crippen molar-refractivity contribution in [3.8, 4) is 17.1 Å². The summed E-state index contributed by atoms with van der Waals surface area (Å²) in [7, 11) is -3.18. The van der Waals surface area contributed by atoms with Gasteiger partial charge in [-0.1, -0.05) is 176 Å². The maximum atomic E-state index is 2.50. The molecule has 0 spiro atoms. The van der Waals surface area contributed by atoms with E-state index in [-0.39, 0.29) is 0 Å². The van der Waals surface area contributed by atoms with Crippen LogP contribution in [0.4, 0.5) is 0 Å². The molecule has 3 nitrogen and oxygen atoms in total. The van der Waals surface area contributed by atoms with Crippen LogP contribution in [-0.2, 0) is 0 Å². The van der Waals surface area contributed by atoms with E-state index in [0.29, 0.717) is 0 Å². The number of para-hydroxylation sites is 6. The second kappa shape index (κ2) is 14.5. The zero-order chi connectivity index (χ0) is 42.2. The minimum absolute atomic E-state index is 1.15. The Kier molecular flexibility index (Phi) is 8.23. The Hall–Kier alpha value is -8.18. The molecule has 0 saturated heterocycles. The van der Waals surface area contributed by atoms with Crippen LogP contribution in [0.2, 0.25) is 0 Å². The lowest BCUT2D eigenvalue weighted by atomic mass is 10.2. The minimum Gasteiger partial charge on any atom is -0.309 e. The molecule has 0 fully saturated rings. The van der Waals surface area contributed by atoms with E-state index in [1.165, 1.54) is 86.2 Å². The van der Waals surface area contributed by atoms with Gasteiger partial charge in [0.05, 0.1) is 33.1 Å². The molecule has 13 rings (SSSR count). The second-order valence-electron chi connectivity index (χ2n) is 16.9. The van der Waals surface area contributed by atoms with Crippen LogP contribution in [0.25, 0.3) is 82.5 Å². The van der Waals surface area contributed by atoms with Crippen LogP contribution in [0.5, 0.6) is 0 Å². The monoisotopic (exact) mass is 831 g/mol. The van der Waals surface area contributed by atoms with Gasteiger partial charge in [0.2, 0.25) is 0 Å². The number of hydrogen-bond donors (Lipinski definition) is 0. The molecule has 0 unspecified atom stereocenters. The lowest BCUT2D eigenvalue weighted by molar-refractivity contribution is 1.18. The fraction of sp³-hybridized carbons (Fsp3) is 0. The molecule has 0 bridgehead atoms. The predicted octanol–water partition coefficient (Wildman–Crippen LogP) is 12.4. The molecule has 3 aromatic heterocycles. The lowest BCUT2D eigenvalue weighted by Crippen LogP contribution is -2.74. The van der Waals surface area contributed by atoms with Gasteiger partial charge in [0, 0.05) is 49.4 Å². The van der Waals surface area contributed by atoms with Crippen molar-refractivity contribution in [3.63, 3.8) is 0 Å². The molecule has 10 aromatic carbocycles. The molecule has 64 heavy (non-hydrogen) atoms. The summed E-state index contributed by atoms with van der Waals surface area (Å²) < 4.78 is 7.38. The van der Waals surface area contributed by atoms with Crippen molar-refractivity contribution in [2.75, 3.05) is 0 Å². The van der Waals surface area contributed by atoms with Crippen molar-refractivity contribution in [2.45, 2.75) is 0 Å². The van der Waals surface area contributed by atoms with Gasteiger partial charge in [-0.15, -0.1) is 0 Å². The number of benzene rings is 10. The normalized spacial score (nSPS) is 12.1. The van der Waals surface area contributed by atoms with E-state index in [9.17, 15) is 0 Å². The number of hydrogen-bond acceptors (Lipinski definition) is 0. The molecule has 0 N–H and O–H groups in total. The first-order valence-corrected chi connectivity index (χ1v) is 24.1. The zero-order valence-electron chi connectivity index (χ0n) is 35.0. The molecule has 0 aliphatic rings. The van der Waals surface area contributed by atoms with Gasteiger partial charge in [-0.05, 0) is 93.5 Å². The van der Waals surface area contributed by atoms with Gasteiger partial charge in [-0.25, -0.2) is 0 Å². The zero-order valence-corrected chi connectivity index (χ0v) is 36.0. The van der Waals surface area contributed by atoms with Gasteiger partial charge in [-0.3, -0.25) is 0 Å². The third-order valence-corrected chi connectivity index (χ3v) is 18.3. The van der Waals surface area contributed by atoms with E-state index in [1.54, 1.807) is 0 Å². The van der Waals surface area contributed by atoms with Crippen LogP contribution in [0.15, 0.2) is 249 Å². The first-order valence-electron chi connectivity index (χ1n) is 22.1. The topological polar surface area (TPSA) is 14.8 Å². The molecule has 0 radical (unpaired) electrons. The van der Waals surface area contributed by atoms with E-state index in [4.69, 9.17) is 0 Å². The molecule has 13 aromatic rings. The first kappa shape index (κ1) is 36.5. The van der Waals surface area contributed by atoms with Crippen LogP contribution < -0.4 is 20.7 Å². The summed E-state index contributed by atoms with van der Waals surface area (Å²) >= 11 is 0. The van der Waals surface area contributed by atoms with Crippen molar-refractivity contribution in [1.29, 1.82) is 0 Å². The van der Waals surface area contributed by atoms with E-state index in [2.05, 4.69) is 262 Å². The van der Waals surface area contributed by atoms with Crippen molar-refractivity contribution >= 4 is 94.2 Å². The quantitative estimate of drug-likeness (QED) is 0.112. The van der Waals surface area contributed by atoms with Crippen molar-refractivity contribution < 1.29 is 0 Å². The molecule has 300 valence electrons. The predicted molar refractivity (Wildman–Crippen MR) is 273 cm³/mol. The summed E-state index contributed by atoms with van der Waals surface area (Å²) in [5.41, 5.74) is 10.7. The molecular weight excluding hydrogens is 791 g/mol. The third kappa shape index (κ3) is 5.33. The lowest BCUT2D eigenvalue weighted by Gasteiger charge is -2.35. The Morgan fingerprint density at radius 3 is 0.719 bits per heavy atom. The van der Waals surface area contributed by atoms with Crippen molar-refractivity contribution in [3.05, 3.63) is 249 Å². The highest BCUT2D eigenvalue weighted by molar-refractivity contribution is 7.20. The Balaban J connectivity index is 1.14. The van der Waals surface area contributed by atoms with Crippen LogP contribution in [0.1, 0.15) is 0 Å². The number of aromatic nitrogens is 3. The summed E-state index contributed by atoms with van der Waals surface area (Å²) in [4.78, 5) is 0. The van der Waals surface area contributed by atoms with Gasteiger partial charge < -0.3 is 13.7 Å². The Bertz CT molecular complexity index is 3390. The summed E-state index contributed by atoms with van der Waals surface area (Å²) in [5, 5.41) is 12.8. The second-order valence-corrected chi connectivity index (χ2v) is 20.7. The summed E-state index contributed by atoms with van der Waals surface area (Å²) in [6, 6.07) is 92.7. The molecule has 0 aliphatic heterocycles. The molecule has 0 aliphatic carbocycles. The number of nitrogens with zero attached hydrogens (tertiary/aromatic N) is 3. The molecular formula is C60H41N3Si. The smallest absolute Gasteiger partial charge is 0.179 e. The molecule has 0 saturated carbocycles. The van der Waals surface area contributed by atoms with Crippen molar-refractivity contribution in [1.82, 2.24) is 13.7 Å². The maximum Gasteiger partial charge on any atom is 0.179 e. The Labute approximate surface area is 372 Å². The maximum absolute atomic E-state index is 3.18. The van der Waals surface area contributed by atoms with Crippen LogP contribution >= 0.6 is 0 Å². The van der Waals surface area contributed by atoms with Gasteiger partial charge in [0.25, 0.3) is 0 Å². The van der Waals surface area contributed by atoms with Gasteiger partial charge in [0.15, 0.2) is 8.07 Å². The standard InChI is InChI=1S/C60H41N3Si/c1-2-22-45(23-3-1)64(46-24-16-19-42(39-46)61-55-33-10-4-27-49(55)50-28-5-11-34-56(50)61,47-25-17-20-43(40-47)62-57-35-12-6-29-51(57)52-30-7-13-36-58(52)62)48-26-18-21-44(41-48)63-59-37-14-8-31-53(59)54-32-9-15-38-60(54)63/h1-41H. The third-order valence-electron chi connectivity index (χ3n) is 13.6. The molecule has 0 amide bonds. The Morgan fingerprint density at radius 1 is 0.203 bits per heavy atom. The SMILES string of the molecule is c1ccc([Si](c2cccc(-n3c4ccccc4c4ccccc43)c2)(c2cccc(-n3c4ccccc4c4ccccc43)c2)c2cccc(-n3c4ccccc4c4ccccc43)c2)cc1. The van der Waals surface area contributed by atoms with E-state index in [0.717, 1.165) is 17.1 Å². The van der Waals surface area contributed by atoms with Crippen LogP contribution in [0.3, 0.4) is 0 Å². The average molecular weight is 832 g/mol. The van der Waals surface area contributed by atoms with E-state index in [1.807, 2.05) is 0 Å². The number of rotatable bonds is 7. The van der Waals surface area contributed by atoms with Gasteiger partial charge in [0.1, 0.15) is 0 Å². The average Bonchev–Trinajstić information content (AvgIpc) is 4.01. The molecule has 0 atom stereocenters. The summed E-state index contributed by atoms with van der Waals surface area (Å²) in [5.74, 6) is 0. The molecule has 3 heterocycles. The van der Waals surface area contributed by atoms with E-state index >= 15 is 0 Å². The fourth-order valence-corrected chi connectivity index (χ4v) is 15.7.